The molecule has 1 aliphatic heterocycles. The summed E-state index contributed by atoms with van der Waals surface area (Å²) in [6.07, 6.45) is 0.742. The molecule has 1 unspecified atom stereocenters. The fourth-order valence-corrected chi connectivity index (χ4v) is 5.42. The number of ether oxygens (including phenoxy) is 1. The van der Waals surface area contributed by atoms with Gasteiger partial charge in [-0.15, -0.1) is 0 Å². The van der Waals surface area contributed by atoms with Gasteiger partial charge in [-0.1, -0.05) is 13.0 Å². The molecule has 1 fully saturated rings. The topological polar surface area (TPSA) is 133 Å². The van der Waals surface area contributed by atoms with Crippen LogP contribution in [0.3, 0.4) is 0 Å². The van der Waals surface area contributed by atoms with Crippen LogP contribution in [0.4, 0.5) is 0 Å². The van der Waals surface area contributed by atoms with Crippen LogP contribution in [0.15, 0.2) is 15.8 Å². The largest absolute Gasteiger partial charge is 0.850 e. The maximum absolute atomic E-state index is 12.7. The minimum atomic E-state index is -1.52. The number of hydrogen-bond donors (Lipinski definition) is 1. The number of aryl methyl sites for hydroxylation is 1. The first-order valence-electron chi connectivity index (χ1n) is 10.9. The standard InChI is InChI=1S/C21H34N4O6P/c1-14(2)25(15(3)4)32(29-11-7-10-22)30-13-21(17(6)26)9-8-18(31-21)24-12-16(5)19(27)23-20(24)28/h12,14-15,17-18H,7-9,11,13H2,1-6H3,(H,23,27,28)/q-1/t17-,18-,21+,32?/m1/s1. The average Bonchev–Trinajstić information content (AvgIpc) is 3.14. The molecule has 0 aromatic carbocycles. The van der Waals surface area contributed by atoms with E-state index in [1.807, 2.05) is 27.7 Å². The molecular weight excluding hydrogens is 435 g/mol. The zero-order chi connectivity index (χ0) is 24.1. The summed E-state index contributed by atoms with van der Waals surface area (Å²) in [5.74, 6) is 0. The maximum atomic E-state index is 12.7. The van der Waals surface area contributed by atoms with E-state index in [0.717, 1.165) is 0 Å². The number of nitrogens with zero attached hydrogens (tertiary/aromatic N) is 3. The van der Waals surface area contributed by atoms with Crippen LogP contribution in [0.2, 0.25) is 0 Å². The van der Waals surface area contributed by atoms with E-state index in [1.165, 1.54) is 17.7 Å². The third kappa shape index (κ3) is 6.25. The molecule has 11 heteroatoms. The molecule has 2 heterocycles. The molecule has 0 spiro atoms. The summed E-state index contributed by atoms with van der Waals surface area (Å²) < 4.78 is 21.6. The van der Waals surface area contributed by atoms with Gasteiger partial charge in [0.2, 0.25) is 0 Å². The molecule has 32 heavy (non-hydrogen) atoms. The van der Waals surface area contributed by atoms with Crippen LogP contribution in [0, 0.1) is 18.3 Å². The van der Waals surface area contributed by atoms with Crippen LogP contribution in [0.5, 0.6) is 0 Å². The average molecular weight is 469 g/mol. The van der Waals surface area contributed by atoms with Crippen LogP contribution in [-0.2, 0) is 13.8 Å². The highest BCUT2D eigenvalue weighted by molar-refractivity contribution is 7.44. The lowest BCUT2D eigenvalue weighted by atomic mass is 9.95. The van der Waals surface area contributed by atoms with Crippen molar-refractivity contribution in [3.05, 3.63) is 32.6 Å². The van der Waals surface area contributed by atoms with Crippen LogP contribution >= 0.6 is 8.53 Å². The summed E-state index contributed by atoms with van der Waals surface area (Å²) in [5.41, 5.74) is -1.78. The van der Waals surface area contributed by atoms with Gasteiger partial charge in [0, 0.05) is 23.8 Å². The van der Waals surface area contributed by atoms with E-state index in [4.69, 9.17) is 19.0 Å². The Morgan fingerprint density at radius 2 is 2.00 bits per heavy atom. The van der Waals surface area contributed by atoms with Crippen molar-refractivity contribution in [1.29, 1.82) is 5.26 Å². The minimum Gasteiger partial charge on any atom is -0.850 e. The van der Waals surface area contributed by atoms with Gasteiger partial charge in [-0.05, 0) is 47.5 Å². The van der Waals surface area contributed by atoms with Gasteiger partial charge in [-0.25, -0.2) is 9.46 Å². The van der Waals surface area contributed by atoms with Crippen molar-refractivity contribution in [3.63, 3.8) is 0 Å². The molecule has 1 aromatic rings. The molecule has 0 amide bonds. The molecule has 180 valence electrons. The Hall–Kier alpha value is -1.60. The molecule has 1 aliphatic rings. The molecule has 0 aliphatic carbocycles. The maximum Gasteiger partial charge on any atom is 0.330 e. The van der Waals surface area contributed by atoms with E-state index < -0.39 is 37.7 Å². The second-order valence-corrected chi connectivity index (χ2v) is 10.1. The summed E-state index contributed by atoms with van der Waals surface area (Å²) in [6.45, 7) is 11.5. The number of nitrogens with one attached hydrogen (secondary N) is 1. The Bertz CT molecular complexity index is 901. The van der Waals surface area contributed by atoms with Gasteiger partial charge in [0.25, 0.3) is 14.1 Å². The lowest BCUT2D eigenvalue weighted by Crippen LogP contribution is -2.52. The van der Waals surface area contributed by atoms with Crippen molar-refractivity contribution in [2.24, 2.45) is 0 Å². The highest BCUT2D eigenvalue weighted by atomic mass is 31.2. The van der Waals surface area contributed by atoms with E-state index in [1.54, 1.807) is 6.92 Å². The van der Waals surface area contributed by atoms with Crippen molar-refractivity contribution in [1.82, 2.24) is 14.2 Å². The van der Waals surface area contributed by atoms with Gasteiger partial charge in [-0.3, -0.25) is 14.3 Å². The monoisotopic (exact) mass is 469 g/mol. The molecule has 4 atom stereocenters. The molecule has 0 saturated carbocycles. The number of rotatable bonds is 11. The Morgan fingerprint density at radius 1 is 1.34 bits per heavy atom. The number of H-pyrrole nitrogens is 1. The van der Waals surface area contributed by atoms with E-state index >= 15 is 0 Å². The third-order valence-electron chi connectivity index (χ3n) is 5.46. The van der Waals surface area contributed by atoms with Gasteiger partial charge < -0.3 is 18.9 Å². The second-order valence-electron chi connectivity index (χ2n) is 8.62. The predicted octanol–water partition coefficient (Wildman–Crippen LogP) is 1.93. The van der Waals surface area contributed by atoms with Gasteiger partial charge in [0.05, 0.1) is 31.3 Å². The number of hydrogen-bond acceptors (Lipinski definition) is 8. The minimum absolute atomic E-state index is 0.000546. The fraction of sp³-hybridized carbons (Fsp3) is 0.762. The molecule has 1 saturated heterocycles. The van der Waals surface area contributed by atoms with Crippen LogP contribution in [-0.4, -0.2) is 51.2 Å². The summed E-state index contributed by atoms with van der Waals surface area (Å²) in [7, 11) is -1.52. The van der Waals surface area contributed by atoms with Crippen molar-refractivity contribution in [2.45, 2.75) is 90.8 Å². The molecule has 10 nitrogen and oxygen atoms in total. The highest BCUT2D eigenvalue weighted by Crippen LogP contribution is 2.48. The van der Waals surface area contributed by atoms with Gasteiger partial charge in [0.1, 0.15) is 6.23 Å². The van der Waals surface area contributed by atoms with Crippen molar-refractivity contribution in [2.75, 3.05) is 13.2 Å². The normalized spacial score (nSPS) is 23.1. The SMILES string of the molecule is Cc1cn([C@H]2CC[C@](COP(OCCC#N)N(C(C)C)C(C)C)([C@@H](C)[O-])O2)c(=O)[nH]c1=O. The fourth-order valence-electron chi connectivity index (χ4n) is 3.75. The first-order valence-corrected chi connectivity index (χ1v) is 12.0. The summed E-state index contributed by atoms with van der Waals surface area (Å²) in [5, 5.41) is 21.6. The Kier molecular flexibility index (Phi) is 9.58. The molecule has 1 N–H and O–H groups in total. The summed E-state index contributed by atoms with van der Waals surface area (Å²) >= 11 is 0. The summed E-state index contributed by atoms with van der Waals surface area (Å²) in [6, 6.07) is 2.32. The first-order chi connectivity index (χ1) is 15.0. The van der Waals surface area contributed by atoms with E-state index in [2.05, 4.69) is 15.7 Å². The summed E-state index contributed by atoms with van der Waals surface area (Å²) in [4.78, 5) is 26.2. The van der Waals surface area contributed by atoms with Gasteiger partial charge >= 0.3 is 5.69 Å². The Morgan fingerprint density at radius 3 is 2.56 bits per heavy atom. The van der Waals surface area contributed by atoms with Crippen LogP contribution in [0.25, 0.3) is 0 Å². The Balaban J connectivity index is 2.22. The number of aromatic nitrogens is 2. The molecule has 0 bridgehead atoms. The molecule has 0 radical (unpaired) electrons. The number of aromatic amines is 1. The van der Waals surface area contributed by atoms with E-state index in [0.29, 0.717) is 18.4 Å². The Labute approximate surface area is 190 Å². The van der Waals surface area contributed by atoms with E-state index in [9.17, 15) is 14.7 Å². The highest BCUT2D eigenvalue weighted by Gasteiger charge is 2.43. The third-order valence-corrected chi connectivity index (χ3v) is 7.52. The first kappa shape index (κ1) is 26.7. The van der Waals surface area contributed by atoms with Crippen molar-refractivity contribution in [3.8, 4) is 6.07 Å². The zero-order valence-electron chi connectivity index (χ0n) is 19.7. The van der Waals surface area contributed by atoms with Crippen LogP contribution < -0.4 is 16.4 Å². The second kappa shape index (κ2) is 11.5. The molecular formula is C21H34N4O6P-. The smallest absolute Gasteiger partial charge is 0.330 e. The lowest BCUT2D eigenvalue weighted by Gasteiger charge is -2.42. The van der Waals surface area contributed by atoms with Gasteiger partial charge in [-0.2, -0.15) is 5.26 Å². The quantitative estimate of drug-likeness (QED) is 0.384. The molecule has 1 aromatic heterocycles. The zero-order valence-corrected chi connectivity index (χ0v) is 20.6. The van der Waals surface area contributed by atoms with E-state index in [-0.39, 0.29) is 31.7 Å². The van der Waals surface area contributed by atoms with Crippen molar-refractivity contribution < 1.29 is 18.9 Å². The number of nitriles is 1. The lowest BCUT2D eigenvalue weighted by molar-refractivity contribution is -0.452. The van der Waals surface area contributed by atoms with Crippen molar-refractivity contribution >= 4 is 8.53 Å². The van der Waals surface area contributed by atoms with Gasteiger partial charge in [0.15, 0.2) is 0 Å². The van der Waals surface area contributed by atoms with Crippen LogP contribution in [0.1, 0.15) is 65.7 Å². The predicted molar refractivity (Wildman–Crippen MR) is 119 cm³/mol. The molecule has 2 rings (SSSR count).